The fraction of sp³-hybridized carbons (Fsp3) is 0.222. The first-order valence-corrected chi connectivity index (χ1v) is 10.9. The van der Waals surface area contributed by atoms with Crippen molar-refractivity contribution in [1.29, 1.82) is 0 Å². The standard InChI is InChI=1S/C27H29N3O3/c1-18-14-19(2)26(20(3)15-18)30-25(32)17-28-24(31)16-23(21-10-6-4-7-11-21)29-27(33)22-12-8-5-9-13-22/h4-15,23H,16-17H2,1-3H3,(H,28,31)(H,29,33)(H,30,32). The molecular formula is C27H29N3O3. The molecule has 3 aromatic carbocycles. The Morgan fingerprint density at radius 3 is 1.97 bits per heavy atom. The van der Waals surface area contributed by atoms with E-state index in [1.54, 1.807) is 24.3 Å². The van der Waals surface area contributed by atoms with Crippen LogP contribution in [0.1, 0.15) is 45.1 Å². The minimum Gasteiger partial charge on any atom is -0.347 e. The van der Waals surface area contributed by atoms with Crippen molar-refractivity contribution in [3.05, 3.63) is 101 Å². The quantitative estimate of drug-likeness (QED) is 0.487. The highest BCUT2D eigenvalue weighted by Gasteiger charge is 2.20. The van der Waals surface area contributed by atoms with Gasteiger partial charge in [-0.25, -0.2) is 0 Å². The van der Waals surface area contributed by atoms with Crippen LogP contribution in [-0.4, -0.2) is 24.3 Å². The lowest BCUT2D eigenvalue weighted by atomic mass is 10.0. The van der Waals surface area contributed by atoms with E-state index in [0.717, 1.165) is 27.9 Å². The number of carbonyl (C=O) groups excluding carboxylic acids is 3. The lowest BCUT2D eigenvalue weighted by Crippen LogP contribution is -2.37. The van der Waals surface area contributed by atoms with Gasteiger partial charge in [-0.3, -0.25) is 14.4 Å². The topological polar surface area (TPSA) is 87.3 Å². The van der Waals surface area contributed by atoms with Crippen LogP contribution in [0.2, 0.25) is 0 Å². The van der Waals surface area contributed by atoms with Crippen LogP contribution < -0.4 is 16.0 Å². The Hall–Kier alpha value is -3.93. The van der Waals surface area contributed by atoms with Crippen molar-refractivity contribution in [3.63, 3.8) is 0 Å². The number of aryl methyl sites for hydroxylation is 3. The number of hydrogen-bond donors (Lipinski definition) is 3. The van der Waals surface area contributed by atoms with Gasteiger partial charge in [0.25, 0.3) is 5.91 Å². The summed E-state index contributed by atoms with van der Waals surface area (Å²) in [6.07, 6.45) is 0.0124. The molecule has 0 spiro atoms. The maximum atomic E-state index is 12.7. The summed E-state index contributed by atoms with van der Waals surface area (Å²) >= 11 is 0. The predicted molar refractivity (Wildman–Crippen MR) is 130 cm³/mol. The van der Waals surface area contributed by atoms with Crippen molar-refractivity contribution in [3.8, 4) is 0 Å². The molecule has 6 nitrogen and oxygen atoms in total. The second kappa shape index (κ2) is 11.1. The molecule has 3 N–H and O–H groups in total. The third-order valence-corrected chi connectivity index (χ3v) is 5.32. The number of anilines is 1. The van der Waals surface area contributed by atoms with Crippen LogP contribution in [0.4, 0.5) is 5.69 Å². The molecule has 0 saturated heterocycles. The third-order valence-electron chi connectivity index (χ3n) is 5.32. The van der Waals surface area contributed by atoms with Gasteiger partial charge in [-0.2, -0.15) is 0 Å². The van der Waals surface area contributed by atoms with E-state index in [4.69, 9.17) is 0 Å². The van der Waals surface area contributed by atoms with Crippen LogP contribution in [-0.2, 0) is 9.59 Å². The van der Waals surface area contributed by atoms with Crippen molar-refractivity contribution in [1.82, 2.24) is 10.6 Å². The lowest BCUT2D eigenvalue weighted by Gasteiger charge is -2.19. The van der Waals surface area contributed by atoms with Crippen LogP contribution >= 0.6 is 0 Å². The van der Waals surface area contributed by atoms with Gasteiger partial charge < -0.3 is 16.0 Å². The van der Waals surface area contributed by atoms with Gasteiger partial charge in [-0.1, -0.05) is 66.2 Å². The molecule has 170 valence electrons. The normalized spacial score (nSPS) is 11.4. The number of rotatable bonds is 8. The molecule has 1 unspecified atom stereocenters. The average molecular weight is 444 g/mol. The molecule has 3 aromatic rings. The summed E-state index contributed by atoms with van der Waals surface area (Å²) < 4.78 is 0. The zero-order chi connectivity index (χ0) is 23.8. The Morgan fingerprint density at radius 2 is 1.36 bits per heavy atom. The number of benzene rings is 3. The summed E-state index contributed by atoms with van der Waals surface area (Å²) in [7, 11) is 0. The van der Waals surface area contributed by atoms with Crippen LogP contribution in [0.5, 0.6) is 0 Å². The van der Waals surface area contributed by atoms with E-state index in [1.165, 1.54) is 0 Å². The molecule has 6 heteroatoms. The van der Waals surface area contributed by atoms with E-state index in [9.17, 15) is 14.4 Å². The first-order valence-electron chi connectivity index (χ1n) is 10.9. The summed E-state index contributed by atoms with van der Waals surface area (Å²) in [5, 5.41) is 8.47. The van der Waals surface area contributed by atoms with Gasteiger partial charge in [-0.15, -0.1) is 0 Å². The maximum Gasteiger partial charge on any atom is 0.251 e. The van der Waals surface area contributed by atoms with Gasteiger partial charge in [0.1, 0.15) is 0 Å². The maximum absolute atomic E-state index is 12.7. The van der Waals surface area contributed by atoms with Gasteiger partial charge in [-0.05, 0) is 49.6 Å². The van der Waals surface area contributed by atoms with E-state index in [2.05, 4.69) is 16.0 Å². The highest BCUT2D eigenvalue weighted by Crippen LogP contribution is 2.22. The van der Waals surface area contributed by atoms with Crippen molar-refractivity contribution in [2.75, 3.05) is 11.9 Å². The van der Waals surface area contributed by atoms with Crippen LogP contribution in [0.25, 0.3) is 0 Å². The summed E-state index contributed by atoms with van der Waals surface area (Å²) in [6, 6.07) is 21.6. The Kier molecular flexibility index (Phi) is 7.97. The van der Waals surface area contributed by atoms with Crippen molar-refractivity contribution < 1.29 is 14.4 Å². The van der Waals surface area contributed by atoms with Crippen molar-refractivity contribution in [2.45, 2.75) is 33.2 Å². The molecule has 3 rings (SSSR count). The molecule has 0 aliphatic rings. The molecule has 0 fully saturated rings. The van der Waals surface area contributed by atoms with Gasteiger partial charge >= 0.3 is 0 Å². The molecule has 0 aliphatic carbocycles. The third kappa shape index (κ3) is 6.77. The van der Waals surface area contributed by atoms with Crippen LogP contribution in [0, 0.1) is 20.8 Å². The number of amides is 3. The summed E-state index contributed by atoms with van der Waals surface area (Å²) in [5.41, 5.74) is 5.16. The molecule has 0 aliphatic heterocycles. The smallest absolute Gasteiger partial charge is 0.251 e. The molecule has 0 heterocycles. The summed E-state index contributed by atoms with van der Waals surface area (Å²) in [6.45, 7) is 5.73. The molecule has 0 saturated carbocycles. The predicted octanol–water partition coefficient (Wildman–Crippen LogP) is 4.23. The fourth-order valence-corrected chi connectivity index (χ4v) is 3.77. The van der Waals surface area contributed by atoms with Crippen LogP contribution in [0.15, 0.2) is 72.8 Å². The van der Waals surface area contributed by atoms with Gasteiger partial charge in [0.2, 0.25) is 11.8 Å². The second-order valence-corrected chi connectivity index (χ2v) is 8.11. The second-order valence-electron chi connectivity index (χ2n) is 8.11. The Morgan fingerprint density at radius 1 is 0.788 bits per heavy atom. The van der Waals surface area contributed by atoms with E-state index in [1.807, 2.05) is 69.3 Å². The first kappa shape index (κ1) is 23.7. The zero-order valence-corrected chi connectivity index (χ0v) is 19.1. The number of hydrogen-bond acceptors (Lipinski definition) is 3. The molecular weight excluding hydrogens is 414 g/mol. The minimum absolute atomic E-state index is 0.0124. The number of carbonyl (C=O) groups is 3. The Bertz CT molecular complexity index is 1100. The van der Waals surface area contributed by atoms with E-state index in [-0.39, 0.29) is 30.7 Å². The van der Waals surface area contributed by atoms with Gasteiger partial charge in [0, 0.05) is 11.3 Å². The van der Waals surface area contributed by atoms with Gasteiger partial charge in [0.15, 0.2) is 0 Å². The molecule has 1 atom stereocenters. The largest absolute Gasteiger partial charge is 0.347 e. The zero-order valence-electron chi connectivity index (χ0n) is 19.1. The lowest BCUT2D eigenvalue weighted by molar-refractivity contribution is -0.124. The van der Waals surface area contributed by atoms with Gasteiger partial charge in [0.05, 0.1) is 19.0 Å². The fourth-order valence-electron chi connectivity index (χ4n) is 3.77. The minimum atomic E-state index is -0.524. The van der Waals surface area contributed by atoms with Crippen molar-refractivity contribution in [2.24, 2.45) is 0 Å². The highest BCUT2D eigenvalue weighted by molar-refractivity contribution is 5.96. The highest BCUT2D eigenvalue weighted by atomic mass is 16.2. The SMILES string of the molecule is Cc1cc(C)c(NC(=O)CNC(=O)CC(NC(=O)c2ccccc2)c2ccccc2)c(C)c1. The summed E-state index contributed by atoms with van der Waals surface area (Å²) in [5.74, 6) is -0.895. The average Bonchev–Trinajstić information content (AvgIpc) is 2.80. The first-order chi connectivity index (χ1) is 15.8. The Balaban J connectivity index is 1.61. The van der Waals surface area contributed by atoms with E-state index >= 15 is 0 Å². The molecule has 3 amide bonds. The Labute approximate surface area is 194 Å². The molecule has 33 heavy (non-hydrogen) atoms. The molecule has 0 aromatic heterocycles. The monoisotopic (exact) mass is 443 g/mol. The molecule has 0 bridgehead atoms. The van der Waals surface area contributed by atoms with E-state index < -0.39 is 6.04 Å². The number of nitrogens with one attached hydrogen (secondary N) is 3. The van der Waals surface area contributed by atoms with Crippen molar-refractivity contribution >= 4 is 23.4 Å². The van der Waals surface area contributed by atoms with E-state index in [0.29, 0.717) is 5.56 Å². The summed E-state index contributed by atoms with van der Waals surface area (Å²) in [4.78, 5) is 37.7. The van der Waals surface area contributed by atoms with Crippen LogP contribution in [0.3, 0.4) is 0 Å². The molecule has 0 radical (unpaired) electrons.